The number of hydrogen-bond acceptors (Lipinski definition) is 2. The second kappa shape index (κ2) is 8.31. The Morgan fingerprint density at radius 3 is 2.73 bits per heavy atom. The minimum atomic E-state index is 1.11. The third-order valence-corrected chi connectivity index (χ3v) is 4.07. The van der Waals surface area contributed by atoms with E-state index in [1.54, 1.807) is 0 Å². The minimum absolute atomic E-state index is 1.11. The predicted molar refractivity (Wildman–Crippen MR) is 72.7 cm³/mol. The van der Waals surface area contributed by atoms with Crippen molar-refractivity contribution >= 4 is 27.3 Å². The van der Waals surface area contributed by atoms with Crippen LogP contribution in [0.25, 0.3) is 0 Å². The lowest BCUT2D eigenvalue weighted by Gasteiger charge is -2.02. The zero-order chi connectivity index (χ0) is 10.9. The van der Waals surface area contributed by atoms with Gasteiger partial charge in [-0.1, -0.05) is 26.2 Å². The first kappa shape index (κ1) is 13.2. The van der Waals surface area contributed by atoms with E-state index in [0.29, 0.717) is 0 Å². The molecular formula is C12H20BrNS. The highest BCUT2D eigenvalue weighted by Crippen LogP contribution is 2.21. The first-order valence-electron chi connectivity index (χ1n) is 5.78. The molecule has 1 N–H and O–H groups in total. The van der Waals surface area contributed by atoms with E-state index in [0.717, 1.165) is 13.0 Å². The van der Waals surface area contributed by atoms with Crippen LogP contribution in [0.15, 0.2) is 15.9 Å². The van der Waals surface area contributed by atoms with Gasteiger partial charge < -0.3 is 5.32 Å². The topological polar surface area (TPSA) is 12.0 Å². The maximum atomic E-state index is 3.49. The number of nitrogens with one attached hydrogen (secondary N) is 1. The fourth-order valence-electron chi connectivity index (χ4n) is 1.50. The van der Waals surface area contributed by atoms with Gasteiger partial charge in [0.15, 0.2) is 0 Å². The van der Waals surface area contributed by atoms with E-state index in [4.69, 9.17) is 0 Å². The van der Waals surface area contributed by atoms with Crippen molar-refractivity contribution in [3.05, 3.63) is 20.8 Å². The molecule has 1 rings (SSSR count). The Kier molecular flexibility index (Phi) is 7.32. The van der Waals surface area contributed by atoms with Crippen LogP contribution < -0.4 is 5.32 Å². The monoisotopic (exact) mass is 289 g/mol. The van der Waals surface area contributed by atoms with Gasteiger partial charge in [-0.25, -0.2) is 0 Å². The van der Waals surface area contributed by atoms with Crippen LogP contribution in [-0.4, -0.2) is 13.1 Å². The Morgan fingerprint density at radius 2 is 2.07 bits per heavy atom. The van der Waals surface area contributed by atoms with E-state index in [1.807, 2.05) is 11.3 Å². The van der Waals surface area contributed by atoms with Crippen molar-refractivity contribution < 1.29 is 0 Å². The molecule has 0 atom stereocenters. The number of hydrogen-bond donors (Lipinski definition) is 1. The number of halogens is 1. The normalized spacial score (nSPS) is 10.8. The molecule has 1 heterocycles. The standard InChI is InChI=1S/C12H20BrNS/c1-2-3-4-5-9-14-10-8-11-6-7-12(13)15-11/h6-7,14H,2-5,8-10H2,1H3. The molecular weight excluding hydrogens is 270 g/mol. The van der Waals surface area contributed by atoms with Crippen molar-refractivity contribution in [1.29, 1.82) is 0 Å². The molecule has 0 bridgehead atoms. The second-order valence-electron chi connectivity index (χ2n) is 3.77. The van der Waals surface area contributed by atoms with Crippen LogP contribution in [0, 0.1) is 0 Å². The molecule has 15 heavy (non-hydrogen) atoms. The van der Waals surface area contributed by atoms with Crippen LogP contribution in [0.1, 0.15) is 37.5 Å². The largest absolute Gasteiger partial charge is 0.316 e. The van der Waals surface area contributed by atoms with Gasteiger partial charge in [-0.3, -0.25) is 0 Å². The zero-order valence-corrected chi connectivity index (χ0v) is 11.8. The van der Waals surface area contributed by atoms with E-state index < -0.39 is 0 Å². The zero-order valence-electron chi connectivity index (χ0n) is 9.39. The number of thiophene rings is 1. The SMILES string of the molecule is CCCCCCNCCc1ccc(Br)s1. The van der Waals surface area contributed by atoms with Crippen molar-refractivity contribution in [3.8, 4) is 0 Å². The molecule has 0 saturated heterocycles. The van der Waals surface area contributed by atoms with Crippen LogP contribution in [0.5, 0.6) is 0 Å². The Bertz CT molecular complexity index is 260. The number of unbranched alkanes of at least 4 members (excludes halogenated alkanes) is 3. The average molecular weight is 290 g/mol. The van der Waals surface area contributed by atoms with Crippen LogP contribution >= 0.6 is 27.3 Å². The summed E-state index contributed by atoms with van der Waals surface area (Å²) in [6.45, 7) is 4.54. The fourth-order valence-corrected chi connectivity index (χ4v) is 2.98. The Morgan fingerprint density at radius 1 is 1.20 bits per heavy atom. The maximum absolute atomic E-state index is 3.49. The van der Waals surface area contributed by atoms with Crippen LogP contribution in [0.4, 0.5) is 0 Å². The molecule has 1 nitrogen and oxygen atoms in total. The maximum Gasteiger partial charge on any atom is 0.0701 e. The van der Waals surface area contributed by atoms with Crippen molar-refractivity contribution in [3.63, 3.8) is 0 Å². The van der Waals surface area contributed by atoms with Crippen LogP contribution in [0.3, 0.4) is 0 Å². The summed E-state index contributed by atoms with van der Waals surface area (Å²) >= 11 is 5.32. The molecule has 86 valence electrons. The van der Waals surface area contributed by atoms with Crippen LogP contribution in [0.2, 0.25) is 0 Å². The Balaban J connectivity index is 1.93. The molecule has 1 aromatic rings. The second-order valence-corrected chi connectivity index (χ2v) is 6.31. The summed E-state index contributed by atoms with van der Waals surface area (Å²) < 4.78 is 1.24. The predicted octanol–water partition coefficient (Wildman–Crippen LogP) is 4.22. The molecule has 0 amide bonds. The molecule has 0 saturated carbocycles. The van der Waals surface area contributed by atoms with Gasteiger partial charge in [0.05, 0.1) is 3.79 Å². The molecule has 0 aromatic carbocycles. The summed E-state index contributed by atoms with van der Waals surface area (Å²) in [5.41, 5.74) is 0. The van der Waals surface area contributed by atoms with E-state index >= 15 is 0 Å². The summed E-state index contributed by atoms with van der Waals surface area (Å²) in [6, 6.07) is 4.33. The first-order chi connectivity index (χ1) is 7.33. The summed E-state index contributed by atoms with van der Waals surface area (Å²) in [5.74, 6) is 0. The van der Waals surface area contributed by atoms with Gasteiger partial charge in [-0.15, -0.1) is 11.3 Å². The number of rotatable bonds is 8. The molecule has 3 heteroatoms. The summed E-state index contributed by atoms with van der Waals surface area (Å²) in [6.07, 6.45) is 6.54. The van der Waals surface area contributed by atoms with E-state index in [1.165, 1.54) is 40.9 Å². The first-order valence-corrected chi connectivity index (χ1v) is 7.39. The molecule has 1 aromatic heterocycles. The molecule has 0 spiro atoms. The lowest BCUT2D eigenvalue weighted by Crippen LogP contribution is -2.18. The lowest BCUT2D eigenvalue weighted by atomic mass is 10.2. The average Bonchev–Trinajstić information content (AvgIpc) is 2.63. The van der Waals surface area contributed by atoms with Gasteiger partial charge in [-0.2, -0.15) is 0 Å². The third kappa shape index (κ3) is 6.33. The van der Waals surface area contributed by atoms with Gasteiger partial charge >= 0.3 is 0 Å². The molecule has 0 aliphatic heterocycles. The lowest BCUT2D eigenvalue weighted by molar-refractivity contribution is 0.600. The van der Waals surface area contributed by atoms with E-state index in [2.05, 4.69) is 40.3 Å². The van der Waals surface area contributed by atoms with Gasteiger partial charge in [0.25, 0.3) is 0 Å². The van der Waals surface area contributed by atoms with Gasteiger partial charge in [0.1, 0.15) is 0 Å². The van der Waals surface area contributed by atoms with E-state index in [-0.39, 0.29) is 0 Å². The summed E-state index contributed by atoms with van der Waals surface area (Å²) in [4.78, 5) is 1.46. The highest BCUT2D eigenvalue weighted by molar-refractivity contribution is 9.11. The summed E-state index contributed by atoms with van der Waals surface area (Å²) in [7, 11) is 0. The smallest absolute Gasteiger partial charge is 0.0701 e. The quantitative estimate of drug-likeness (QED) is 0.707. The van der Waals surface area contributed by atoms with Gasteiger partial charge in [0.2, 0.25) is 0 Å². The van der Waals surface area contributed by atoms with Crippen molar-refractivity contribution in [2.24, 2.45) is 0 Å². The third-order valence-electron chi connectivity index (χ3n) is 2.38. The Labute approximate surface area is 105 Å². The molecule has 0 fully saturated rings. The Hall–Kier alpha value is 0.140. The highest BCUT2D eigenvalue weighted by atomic mass is 79.9. The summed E-state index contributed by atoms with van der Waals surface area (Å²) in [5, 5.41) is 3.49. The molecule has 0 aliphatic carbocycles. The molecule has 0 aliphatic rings. The van der Waals surface area contributed by atoms with Gasteiger partial charge in [0, 0.05) is 4.88 Å². The van der Waals surface area contributed by atoms with Crippen molar-refractivity contribution in [2.45, 2.75) is 39.0 Å². The minimum Gasteiger partial charge on any atom is -0.316 e. The van der Waals surface area contributed by atoms with E-state index in [9.17, 15) is 0 Å². The van der Waals surface area contributed by atoms with Crippen molar-refractivity contribution in [2.75, 3.05) is 13.1 Å². The van der Waals surface area contributed by atoms with Gasteiger partial charge in [-0.05, 0) is 54.0 Å². The van der Waals surface area contributed by atoms with Crippen LogP contribution in [-0.2, 0) is 6.42 Å². The molecule has 0 unspecified atom stereocenters. The van der Waals surface area contributed by atoms with Crippen molar-refractivity contribution in [1.82, 2.24) is 5.32 Å². The fraction of sp³-hybridized carbons (Fsp3) is 0.667. The molecule has 0 radical (unpaired) electrons. The highest BCUT2D eigenvalue weighted by Gasteiger charge is 1.96.